The number of amides is 1. The standard InChI is InChI=1S/C16H20N4O/c1-3-14(21)20-8-4-5-12(10-20)19-13-6-7-17-16-15(13)11(2)9-18-16/h3,6-7,9,12H,1,4-5,8,10H2,2H3,(H2,17,18,19)/t12-/m1/s1. The van der Waals surface area contributed by atoms with Gasteiger partial charge in [-0.05, 0) is 37.5 Å². The second kappa shape index (κ2) is 5.60. The molecule has 1 amide bonds. The van der Waals surface area contributed by atoms with Gasteiger partial charge in [0.2, 0.25) is 5.91 Å². The van der Waals surface area contributed by atoms with Gasteiger partial charge in [-0.15, -0.1) is 0 Å². The summed E-state index contributed by atoms with van der Waals surface area (Å²) in [5.41, 5.74) is 3.15. The number of likely N-dealkylation sites (tertiary alicyclic amines) is 1. The second-order valence-electron chi connectivity index (χ2n) is 5.53. The van der Waals surface area contributed by atoms with Crippen LogP contribution in [0.2, 0.25) is 0 Å². The first-order chi connectivity index (χ1) is 10.2. The Morgan fingerprint density at radius 3 is 3.29 bits per heavy atom. The van der Waals surface area contributed by atoms with E-state index in [9.17, 15) is 4.79 Å². The van der Waals surface area contributed by atoms with Crippen molar-refractivity contribution >= 4 is 22.6 Å². The average Bonchev–Trinajstić information content (AvgIpc) is 2.89. The number of anilines is 1. The fourth-order valence-electron chi connectivity index (χ4n) is 2.98. The third-order valence-corrected chi connectivity index (χ3v) is 4.04. The number of nitrogens with one attached hydrogen (secondary N) is 2. The molecule has 1 aliphatic rings. The number of aromatic nitrogens is 2. The molecule has 1 saturated heterocycles. The molecule has 0 saturated carbocycles. The molecular weight excluding hydrogens is 264 g/mol. The number of hydrogen-bond acceptors (Lipinski definition) is 3. The molecule has 0 aromatic carbocycles. The topological polar surface area (TPSA) is 61.0 Å². The summed E-state index contributed by atoms with van der Waals surface area (Å²) in [4.78, 5) is 21.1. The van der Waals surface area contributed by atoms with Crippen molar-refractivity contribution in [1.29, 1.82) is 0 Å². The smallest absolute Gasteiger partial charge is 0.246 e. The van der Waals surface area contributed by atoms with Crippen molar-refractivity contribution in [1.82, 2.24) is 14.9 Å². The Labute approximate surface area is 124 Å². The Morgan fingerprint density at radius 2 is 2.48 bits per heavy atom. The van der Waals surface area contributed by atoms with Crippen molar-refractivity contribution in [3.8, 4) is 0 Å². The van der Waals surface area contributed by atoms with Crippen LogP contribution < -0.4 is 5.32 Å². The molecule has 2 N–H and O–H groups in total. The highest BCUT2D eigenvalue weighted by atomic mass is 16.2. The Hall–Kier alpha value is -2.30. The summed E-state index contributed by atoms with van der Waals surface area (Å²) in [5.74, 6) is 0.0131. The lowest BCUT2D eigenvalue weighted by Crippen LogP contribution is -2.44. The molecular formula is C16H20N4O. The first-order valence-corrected chi connectivity index (χ1v) is 7.29. The Kier molecular flexibility index (Phi) is 3.64. The molecule has 110 valence electrons. The van der Waals surface area contributed by atoms with E-state index in [1.807, 2.05) is 17.2 Å². The van der Waals surface area contributed by atoms with Crippen molar-refractivity contribution < 1.29 is 4.79 Å². The van der Waals surface area contributed by atoms with Crippen LogP contribution >= 0.6 is 0 Å². The van der Waals surface area contributed by atoms with Crippen LogP contribution in [-0.2, 0) is 4.79 Å². The van der Waals surface area contributed by atoms with Crippen molar-refractivity contribution in [3.05, 3.63) is 36.7 Å². The molecule has 5 heteroatoms. The molecule has 3 rings (SSSR count). The molecule has 0 radical (unpaired) electrons. The SMILES string of the molecule is C=CC(=O)N1CCC[C@@H](Nc2ccnc3[nH]cc(C)c23)C1. The van der Waals surface area contributed by atoms with E-state index in [1.165, 1.54) is 11.6 Å². The molecule has 2 aromatic heterocycles. The van der Waals surface area contributed by atoms with Gasteiger partial charge < -0.3 is 15.2 Å². The molecule has 1 aliphatic heterocycles. The highest BCUT2D eigenvalue weighted by Crippen LogP contribution is 2.26. The van der Waals surface area contributed by atoms with E-state index in [-0.39, 0.29) is 11.9 Å². The normalized spacial score (nSPS) is 18.7. The van der Waals surface area contributed by atoms with Gasteiger partial charge in [-0.2, -0.15) is 0 Å². The number of piperidine rings is 1. The minimum Gasteiger partial charge on any atom is -0.380 e. The predicted molar refractivity (Wildman–Crippen MR) is 84.3 cm³/mol. The van der Waals surface area contributed by atoms with E-state index in [0.29, 0.717) is 0 Å². The fourth-order valence-corrected chi connectivity index (χ4v) is 2.98. The minimum atomic E-state index is 0.0131. The van der Waals surface area contributed by atoms with Crippen molar-refractivity contribution in [3.63, 3.8) is 0 Å². The fraction of sp³-hybridized carbons (Fsp3) is 0.375. The molecule has 1 fully saturated rings. The Morgan fingerprint density at radius 1 is 1.62 bits per heavy atom. The Bertz CT molecular complexity index is 676. The quantitative estimate of drug-likeness (QED) is 0.851. The third kappa shape index (κ3) is 2.63. The zero-order valence-corrected chi connectivity index (χ0v) is 12.2. The highest BCUT2D eigenvalue weighted by Gasteiger charge is 2.22. The number of carbonyl (C=O) groups excluding carboxylic acids is 1. The van der Waals surface area contributed by atoms with Gasteiger partial charge >= 0.3 is 0 Å². The van der Waals surface area contributed by atoms with E-state index in [1.54, 1.807) is 6.20 Å². The highest BCUT2D eigenvalue weighted by molar-refractivity contribution is 5.92. The van der Waals surface area contributed by atoms with Gasteiger partial charge in [-0.25, -0.2) is 4.98 Å². The number of nitrogens with zero attached hydrogens (tertiary/aromatic N) is 2. The molecule has 0 bridgehead atoms. The number of aryl methyl sites for hydroxylation is 1. The second-order valence-corrected chi connectivity index (χ2v) is 5.53. The monoisotopic (exact) mass is 284 g/mol. The summed E-state index contributed by atoms with van der Waals surface area (Å²) >= 11 is 0. The van der Waals surface area contributed by atoms with E-state index < -0.39 is 0 Å². The molecule has 21 heavy (non-hydrogen) atoms. The van der Waals surface area contributed by atoms with Crippen LogP contribution in [0.15, 0.2) is 31.1 Å². The zero-order chi connectivity index (χ0) is 14.8. The van der Waals surface area contributed by atoms with Crippen LogP contribution in [0.4, 0.5) is 5.69 Å². The summed E-state index contributed by atoms with van der Waals surface area (Å²) in [5, 5.41) is 4.70. The first kappa shape index (κ1) is 13.7. The molecule has 3 heterocycles. The van der Waals surface area contributed by atoms with E-state index in [2.05, 4.69) is 28.8 Å². The molecule has 0 unspecified atom stereocenters. The molecule has 5 nitrogen and oxygen atoms in total. The summed E-state index contributed by atoms with van der Waals surface area (Å²) in [6.07, 6.45) is 7.24. The van der Waals surface area contributed by atoms with Gasteiger partial charge in [-0.1, -0.05) is 6.58 Å². The van der Waals surface area contributed by atoms with Crippen molar-refractivity contribution in [2.45, 2.75) is 25.8 Å². The van der Waals surface area contributed by atoms with E-state index >= 15 is 0 Å². The number of pyridine rings is 1. The largest absolute Gasteiger partial charge is 0.380 e. The molecule has 2 aromatic rings. The summed E-state index contributed by atoms with van der Waals surface area (Å²) < 4.78 is 0. The lowest BCUT2D eigenvalue weighted by atomic mass is 10.0. The zero-order valence-electron chi connectivity index (χ0n) is 12.2. The molecule has 1 atom stereocenters. The van der Waals surface area contributed by atoms with E-state index in [0.717, 1.165) is 42.7 Å². The number of aromatic amines is 1. The van der Waals surface area contributed by atoms with Crippen LogP contribution in [0.3, 0.4) is 0 Å². The summed E-state index contributed by atoms with van der Waals surface area (Å²) in [6, 6.07) is 2.26. The van der Waals surface area contributed by atoms with Crippen LogP contribution in [0.5, 0.6) is 0 Å². The number of H-pyrrole nitrogens is 1. The van der Waals surface area contributed by atoms with Gasteiger partial charge in [0.15, 0.2) is 0 Å². The van der Waals surface area contributed by atoms with Crippen LogP contribution in [-0.4, -0.2) is 39.9 Å². The third-order valence-electron chi connectivity index (χ3n) is 4.04. The maximum atomic E-state index is 11.8. The molecule has 0 aliphatic carbocycles. The first-order valence-electron chi connectivity index (χ1n) is 7.29. The number of rotatable bonds is 3. The van der Waals surface area contributed by atoms with Crippen LogP contribution in [0.1, 0.15) is 18.4 Å². The van der Waals surface area contributed by atoms with Gasteiger partial charge in [0.1, 0.15) is 5.65 Å². The number of hydrogen-bond donors (Lipinski definition) is 2. The predicted octanol–water partition coefficient (Wildman–Crippen LogP) is 2.46. The summed E-state index contributed by atoms with van der Waals surface area (Å²) in [7, 11) is 0. The summed E-state index contributed by atoms with van der Waals surface area (Å²) in [6.45, 7) is 7.17. The minimum absolute atomic E-state index is 0.0131. The maximum absolute atomic E-state index is 11.8. The van der Waals surface area contributed by atoms with Gasteiger partial charge in [-0.3, -0.25) is 4.79 Å². The van der Waals surface area contributed by atoms with E-state index in [4.69, 9.17) is 0 Å². The number of carbonyl (C=O) groups is 1. The van der Waals surface area contributed by atoms with Crippen molar-refractivity contribution in [2.24, 2.45) is 0 Å². The lowest BCUT2D eigenvalue weighted by Gasteiger charge is -2.33. The number of fused-ring (bicyclic) bond motifs is 1. The van der Waals surface area contributed by atoms with Gasteiger partial charge in [0, 0.05) is 42.6 Å². The molecule has 0 spiro atoms. The van der Waals surface area contributed by atoms with Crippen LogP contribution in [0.25, 0.3) is 11.0 Å². The lowest BCUT2D eigenvalue weighted by molar-refractivity contribution is -0.127. The Balaban J connectivity index is 1.80. The van der Waals surface area contributed by atoms with Gasteiger partial charge in [0.05, 0.1) is 0 Å². The van der Waals surface area contributed by atoms with Crippen LogP contribution in [0, 0.1) is 6.92 Å². The average molecular weight is 284 g/mol. The van der Waals surface area contributed by atoms with Gasteiger partial charge in [0.25, 0.3) is 0 Å². The maximum Gasteiger partial charge on any atom is 0.246 e. The van der Waals surface area contributed by atoms with Crippen molar-refractivity contribution in [2.75, 3.05) is 18.4 Å².